The fraction of sp³-hybridized carbons (Fsp3) is 0.632. The minimum Gasteiger partial charge on any atom is -0.465 e. The highest BCUT2D eigenvalue weighted by Gasteiger charge is 2.43. The molecule has 1 aromatic rings. The molecule has 1 amide bonds. The SMILES string of the molecule is CC1(C)CCC(C)(C)c2sc(N(C3=NCN(C(=O)O)C=C3)C3CC3)nc21. The Morgan fingerprint density at radius 2 is 1.96 bits per heavy atom. The molecule has 0 radical (unpaired) electrons. The third-order valence-electron chi connectivity index (χ3n) is 5.65. The fourth-order valence-corrected chi connectivity index (χ4v) is 5.10. The number of hydrogen-bond donors (Lipinski definition) is 1. The Hall–Kier alpha value is -1.89. The maximum absolute atomic E-state index is 11.1. The standard InChI is InChI=1S/C19H26N4O2S/c1-18(2)8-9-19(3,4)15-14(18)21-16(26-15)23(12-5-6-12)13-7-10-22(11-20-13)17(24)25/h7,10,12H,5-6,8-9,11H2,1-4H3,(H,24,25). The Balaban J connectivity index is 1.71. The van der Waals surface area contributed by atoms with E-state index in [1.165, 1.54) is 21.9 Å². The van der Waals surface area contributed by atoms with Crippen molar-refractivity contribution >= 4 is 28.4 Å². The van der Waals surface area contributed by atoms with Crippen molar-refractivity contribution < 1.29 is 9.90 Å². The highest BCUT2D eigenvalue weighted by Crippen LogP contribution is 2.50. The van der Waals surface area contributed by atoms with Gasteiger partial charge in [-0.1, -0.05) is 27.7 Å². The summed E-state index contributed by atoms with van der Waals surface area (Å²) in [5.74, 6) is 0.826. The number of rotatable bonds is 2. The number of aliphatic imine (C=N–C) groups is 1. The van der Waals surface area contributed by atoms with E-state index in [1.54, 1.807) is 23.6 Å². The molecule has 1 aromatic heterocycles. The zero-order chi connectivity index (χ0) is 18.7. The van der Waals surface area contributed by atoms with Crippen LogP contribution in [0.1, 0.15) is 63.9 Å². The van der Waals surface area contributed by atoms with E-state index >= 15 is 0 Å². The van der Waals surface area contributed by atoms with Crippen molar-refractivity contribution in [2.75, 3.05) is 11.6 Å². The van der Waals surface area contributed by atoms with Crippen molar-refractivity contribution in [3.8, 4) is 0 Å². The molecule has 0 saturated heterocycles. The van der Waals surface area contributed by atoms with Crippen LogP contribution in [0.3, 0.4) is 0 Å². The Labute approximate surface area is 158 Å². The normalized spacial score (nSPS) is 23.4. The van der Waals surface area contributed by atoms with Crippen molar-refractivity contribution in [2.24, 2.45) is 4.99 Å². The number of thiazole rings is 1. The predicted octanol–water partition coefficient (Wildman–Crippen LogP) is 4.32. The van der Waals surface area contributed by atoms with Gasteiger partial charge in [-0.05, 0) is 31.8 Å². The lowest BCUT2D eigenvalue weighted by molar-refractivity contribution is 0.163. The first kappa shape index (κ1) is 17.5. The number of amides is 1. The first-order valence-corrected chi connectivity index (χ1v) is 10.0. The van der Waals surface area contributed by atoms with Gasteiger partial charge in [0.25, 0.3) is 0 Å². The molecule has 1 fully saturated rings. The van der Waals surface area contributed by atoms with Crippen LogP contribution < -0.4 is 4.90 Å². The zero-order valence-electron chi connectivity index (χ0n) is 15.8. The summed E-state index contributed by atoms with van der Waals surface area (Å²) in [6.45, 7) is 9.34. The van der Waals surface area contributed by atoms with E-state index in [-0.39, 0.29) is 17.5 Å². The third-order valence-corrected chi connectivity index (χ3v) is 7.07. The van der Waals surface area contributed by atoms with Gasteiger partial charge in [-0.3, -0.25) is 9.80 Å². The molecule has 4 rings (SSSR count). The molecule has 0 aromatic carbocycles. The number of anilines is 1. The molecular weight excluding hydrogens is 348 g/mol. The van der Waals surface area contributed by atoms with Crippen LogP contribution >= 0.6 is 11.3 Å². The van der Waals surface area contributed by atoms with E-state index < -0.39 is 6.09 Å². The summed E-state index contributed by atoms with van der Waals surface area (Å²) in [5.41, 5.74) is 1.48. The smallest absolute Gasteiger partial charge is 0.412 e. The van der Waals surface area contributed by atoms with E-state index in [0.29, 0.717) is 6.04 Å². The molecule has 0 unspecified atom stereocenters. The number of aromatic nitrogens is 1. The first-order valence-electron chi connectivity index (χ1n) is 9.22. The number of fused-ring (bicyclic) bond motifs is 1. The molecule has 140 valence electrons. The van der Waals surface area contributed by atoms with Gasteiger partial charge in [-0.2, -0.15) is 0 Å². The average Bonchev–Trinajstić information content (AvgIpc) is 3.29. The van der Waals surface area contributed by atoms with Crippen LogP contribution in [0.25, 0.3) is 0 Å². The largest absolute Gasteiger partial charge is 0.465 e. The molecule has 0 bridgehead atoms. The van der Waals surface area contributed by atoms with E-state index in [1.807, 2.05) is 0 Å². The number of carboxylic acid groups (broad SMARTS) is 1. The Kier molecular flexibility index (Phi) is 3.91. The second-order valence-corrected chi connectivity index (χ2v) is 9.75. The van der Waals surface area contributed by atoms with Crippen LogP contribution in [0, 0.1) is 0 Å². The molecule has 0 atom stereocenters. The van der Waals surface area contributed by atoms with Crippen molar-refractivity contribution in [3.63, 3.8) is 0 Å². The second-order valence-electron chi connectivity index (χ2n) is 8.77. The van der Waals surface area contributed by atoms with Gasteiger partial charge in [-0.15, -0.1) is 11.3 Å². The van der Waals surface area contributed by atoms with Crippen molar-refractivity contribution in [3.05, 3.63) is 22.8 Å². The Morgan fingerprint density at radius 1 is 1.27 bits per heavy atom. The molecule has 1 N–H and O–H groups in total. The van der Waals surface area contributed by atoms with Crippen LogP contribution in [-0.2, 0) is 10.8 Å². The molecular formula is C19H26N4O2S. The maximum atomic E-state index is 11.1. The molecule has 26 heavy (non-hydrogen) atoms. The highest BCUT2D eigenvalue weighted by molar-refractivity contribution is 7.16. The van der Waals surface area contributed by atoms with E-state index in [0.717, 1.165) is 30.2 Å². The van der Waals surface area contributed by atoms with Gasteiger partial charge >= 0.3 is 6.09 Å². The lowest BCUT2D eigenvalue weighted by Crippen LogP contribution is -2.37. The van der Waals surface area contributed by atoms with Gasteiger partial charge < -0.3 is 5.11 Å². The van der Waals surface area contributed by atoms with Crippen molar-refractivity contribution in [1.82, 2.24) is 9.88 Å². The summed E-state index contributed by atoms with van der Waals surface area (Å²) >= 11 is 1.79. The number of carbonyl (C=O) groups is 1. The van der Waals surface area contributed by atoms with Crippen LogP contribution in [0.5, 0.6) is 0 Å². The van der Waals surface area contributed by atoms with Gasteiger partial charge in [0.1, 0.15) is 12.5 Å². The monoisotopic (exact) mass is 374 g/mol. The number of amidine groups is 1. The van der Waals surface area contributed by atoms with Crippen LogP contribution in [0.2, 0.25) is 0 Å². The topological polar surface area (TPSA) is 69.0 Å². The summed E-state index contributed by atoms with van der Waals surface area (Å²) in [5, 5.41) is 10.1. The summed E-state index contributed by atoms with van der Waals surface area (Å²) in [6, 6.07) is 0.425. The molecule has 1 aliphatic heterocycles. The highest BCUT2D eigenvalue weighted by atomic mass is 32.1. The molecule has 3 aliphatic rings. The summed E-state index contributed by atoms with van der Waals surface area (Å²) in [4.78, 5) is 25.5. The van der Waals surface area contributed by atoms with E-state index in [4.69, 9.17) is 10.1 Å². The lowest BCUT2D eigenvalue weighted by Gasteiger charge is -2.37. The predicted molar refractivity (Wildman–Crippen MR) is 104 cm³/mol. The van der Waals surface area contributed by atoms with Gasteiger partial charge in [0.05, 0.1) is 5.69 Å². The lowest BCUT2D eigenvalue weighted by atomic mass is 9.69. The van der Waals surface area contributed by atoms with Crippen LogP contribution in [-0.4, -0.2) is 39.6 Å². The average molecular weight is 375 g/mol. The molecule has 7 heteroatoms. The number of hydrogen-bond acceptors (Lipinski definition) is 5. The summed E-state index contributed by atoms with van der Waals surface area (Å²) in [6.07, 6.45) is 7.00. The Bertz CT molecular complexity index is 771. The first-order chi connectivity index (χ1) is 12.2. The minimum absolute atomic E-state index is 0.0964. The third kappa shape index (κ3) is 2.92. The molecule has 2 aliphatic carbocycles. The van der Waals surface area contributed by atoms with Gasteiger partial charge in [0.2, 0.25) is 0 Å². The quantitative estimate of drug-likeness (QED) is 0.837. The molecule has 0 spiro atoms. The van der Waals surface area contributed by atoms with Gasteiger partial charge in [-0.25, -0.2) is 14.8 Å². The van der Waals surface area contributed by atoms with E-state index in [9.17, 15) is 4.79 Å². The molecule has 2 heterocycles. The maximum Gasteiger partial charge on any atom is 0.412 e. The van der Waals surface area contributed by atoms with Crippen molar-refractivity contribution in [1.29, 1.82) is 0 Å². The summed E-state index contributed by atoms with van der Waals surface area (Å²) in [7, 11) is 0. The summed E-state index contributed by atoms with van der Waals surface area (Å²) < 4.78 is 0. The number of nitrogens with zero attached hydrogens (tertiary/aromatic N) is 4. The van der Waals surface area contributed by atoms with Crippen LogP contribution in [0.15, 0.2) is 17.3 Å². The molecule has 1 saturated carbocycles. The zero-order valence-corrected chi connectivity index (χ0v) is 16.6. The fourth-order valence-electron chi connectivity index (χ4n) is 3.65. The second kappa shape index (κ2) is 5.81. The Morgan fingerprint density at radius 3 is 2.50 bits per heavy atom. The molecule has 6 nitrogen and oxygen atoms in total. The van der Waals surface area contributed by atoms with E-state index in [2.05, 4.69) is 37.6 Å². The van der Waals surface area contributed by atoms with Crippen molar-refractivity contribution in [2.45, 2.75) is 70.3 Å². The van der Waals surface area contributed by atoms with Gasteiger partial charge in [0.15, 0.2) is 5.13 Å². The van der Waals surface area contributed by atoms with Crippen LogP contribution in [0.4, 0.5) is 9.93 Å². The van der Waals surface area contributed by atoms with Gasteiger partial charge in [0, 0.05) is 27.9 Å². The minimum atomic E-state index is -0.977.